The lowest BCUT2D eigenvalue weighted by molar-refractivity contribution is -0.151. The van der Waals surface area contributed by atoms with Crippen LogP contribution in [0.15, 0.2) is 0 Å². The predicted octanol–water partition coefficient (Wildman–Crippen LogP) is 3.06. The molecular formula is C14H26FNO. The fourth-order valence-corrected chi connectivity index (χ4v) is 2.86. The van der Waals surface area contributed by atoms with Crippen LogP contribution in [0, 0.1) is 5.92 Å². The fourth-order valence-electron chi connectivity index (χ4n) is 2.86. The van der Waals surface area contributed by atoms with Crippen LogP contribution in [0.5, 0.6) is 0 Å². The number of alkyl halides is 1. The van der Waals surface area contributed by atoms with Crippen molar-refractivity contribution in [2.45, 2.75) is 70.2 Å². The Morgan fingerprint density at radius 3 is 2.65 bits per heavy atom. The van der Waals surface area contributed by atoms with Gasteiger partial charge in [-0.05, 0) is 58.8 Å². The summed E-state index contributed by atoms with van der Waals surface area (Å²) < 4.78 is 20.0. The zero-order valence-corrected chi connectivity index (χ0v) is 11.4. The second-order valence-corrected chi connectivity index (χ2v) is 6.78. The Labute approximate surface area is 104 Å². The van der Waals surface area contributed by atoms with Gasteiger partial charge in [-0.1, -0.05) is 0 Å². The van der Waals surface area contributed by atoms with Crippen LogP contribution in [0.3, 0.4) is 0 Å². The number of rotatable bonds is 3. The number of ether oxygens (including phenoxy) is 1. The van der Waals surface area contributed by atoms with Crippen LogP contribution < -0.4 is 5.32 Å². The Kier molecular flexibility index (Phi) is 3.79. The Morgan fingerprint density at radius 1 is 1.41 bits per heavy atom. The van der Waals surface area contributed by atoms with Crippen molar-refractivity contribution >= 4 is 0 Å². The first kappa shape index (κ1) is 13.3. The van der Waals surface area contributed by atoms with Crippen LogP contribution in [0.2, 0.25) is 0 Å². The van der Waals surface area contributed by atoms with E-state index in [1.165, 1.54) is 6.42 Å². The van der Waals surface area contributed by atoms with E-state index in [4.69, 9.17) is 4.74 Å². The van der Waals surface area contributed by atoms with Crippen LogP contribution >= 0.6 is 0 Å². The quantitative estimate of drug-likeness (QED) is 0.822. The molecule has 1 saturated heterocycles. The molecule has 2 atom stereocenters. The summed E-state index contributed by atoms with van der Waals surface area (Å²) in [6, 6.07) is 0. The summed E-state index contributed by atoms with van der Waals surface area (Å²) >= 11 is 0. The lowest BCUT2D eigenvalue weighted by Gasteiger charge is -2.48. The molecule has 0 radical (unpaired) electrons. The van der Waals surface area contributed by atoms with Crippen LogP contribution in [0.25, 0.3) is 0 Å². The maximum atomic E-state index is 14.2. The third-order valence-electron chi connectivity index (χ3n) is 4.13. The monoisotopic (exact) mass is 243 g/mol. The second kappa shape index (κ2) is 4.85. The molecule has 0 aromatic carbocycles. The molecule has 2 nitrogen and oxygen atoms in total. The third-order valence-corrected chi connectivity index (χ3v) is 4.13. The smallest absolute Gasteiger partial charge is 0.115 e. The van der Waals surface area contributed by atoms with Crippen molar-refractivity contribution in [2.24, 2.45) is 5.92 Å². The number of hydrogen-bond acceptors (Lipinski definition) is 2. The van der Waals surface area contributed by atoms with Gasteiger partial charge in [0.15, 0.2) is 0 Å². The van der Waals surface area contributed by atoms with Gasteiger partial charge < -0.3 is 10.1 Å². The Morgan fingerprint density at radius 2 is 2.12 bits per heavy atom. The SMILES string of the molecule is CC(C)(C)NCC(F)C1CCOC2(CCC2)C1. The van der Waals surface area contributed by atoms with Gasteiger partial charge >= 0.3 is 0 Å². The van der Waals surface area contributed by atoms with E-state index >= 15 is 0 Å². The van der Waals surface area contributed by atoms with Crippen molar-refractivity contribution in [1.82, 2.24) is 5.32 Å². The standard InChI is InChI=1S/C14H26FNO/c1-13(2,3)16-10-12(15)11-5-8-17-14(9-11)6-4-7-14/h11-12,16H,4-10H2,1-3H3. The second-order valence-electron chi connectivity index (χ2n) is 6.78. The van der Waals surface area contributed by atoms with Gasteiger partial charge in [0.25, 0.3) is 0 Å². The van der Waals surface area contributed by atoms with Gasteiger partial charge in [-0.3, -0.25) is 0 Å². The molecule has 2 aliphatic rings. The van der Waals surface area contributed by atoms with E-state index in [9.17, 15) is 4.39 Å². The molecule has 3 heteroatoms. The van der Waals surface area contributed by atoms with Crippen molar-refractivity contribution in [3.05, 3.63) is 0 Å². The molecule has 2 unspecified atom stereocenters. The molecule has 1 saturated carbocycles. The summed E-state index contributed by atoms with van der Waals surface area (Å²) in [4.78, 5) is 0. The minimum atomic E-state index is -0.726. The van der Waals surface area contributed by atoms with E-state index in [0.717, 1.165) is 32.3 Å². The fraction of sp³-hybridized carbons (Fsp3) is 1.00. The van der Waals surface area contributed by atoms with Crippen molar-refractivity contribution in [2.75, 3.05) is 13.2 Å². The largest absolute Gasteiger partial charge is 0.375 e. The zero-order valence-electron chi connectivity index (χ0n) is 11.4. The van der Waals surface area contributed by atoms with E-state index < -0.39 is 6.17 Å². The summed E-state index contributed by atoms with van der Waals surface area (Å²) in [5.74, 6) is 0.193. The van der Waals surface area contributed by atoms with Crippen LogP contribution in [-0.2, 0) is 4.74 Å². The molecule has 0 aromatic rings. The molecule has 1 spiro atoms. The molecule has 2 fully saturated rings. The van der Waals surface area contributed by atoms with Crippen molar-refractivity contribution in [1.29, 1.82) is 0 Å². The summed E-state index contributed by atoms with van der Waals surface area (Å²) in [7, 11) is 0. The van der Waals surface area contributed by atoms with Crippen molar-refractivity contribution < 1.29 is 9.13 Å². The van der Waals surface area contributed by atoms with Gasteiger partial charge in [-0.15, -0.1) is 0 Å². The number of halogens is 1. The average Bonchev–Trinajstić information content (AvgIpc) is 2.23. The zero-order chi connectivity index (χ0) is 12.5. The molecule has 1 N–H and O–H groups in total. The van der Waals surface area contributed by atoms with Crippen LogP contribution in [0.4, 0.5) is 4.39 Å². The van der Waals surface area contributed by atoms with Crippen LogP contribution in [0.1, 0.15) is 52.9 Å². The predicted molar refractivity (Wildman–Crippen MR) is 67.9 cm³/mol. The third kappa shape index (κ3) is 3.41. The Bertz CT molecular complexity index is 257. The van der Waals surface area contributed by atoms with Gasteiger partial charge in [-0.2, -0.15) is 0 Å². The first-order chi connectivity index (χ1) is 7.90. The highest BCUT2D eigenvalue weighted by Crippen LogP contribution is 2.45. The van der Waals surface area contributed by atoms with E-state index in [0.29, 0.717) is 6.54 Å². The molecule has 0 aromatic heterocycles. The Balaban J connectivity index is 1.80. The minimum Gasteiger partial charge on any atom is -0.375 e. The molecule has 1 heterocycles. The Hall–Kier alpha value is -0.150. The van der Waals surface area contributed by atoms with E-state index in [-0.39, 0.29) is 17.1 Å². The molecule has 0 bridgehead atoms. The van der Waals surface area contributed by atoms with Crippen LogP contribution in [-0.4, -0.2) is 30.5 Å². The number of nitrogens with one attached hydrogen (secondary N) is 1. The summed E-state index contributed by atoms with van der Waals surface area (Å²) in [5, 5.41) is 3.27. The maximum Gasteiger partial charge on any atom is 0.115 e. The highest BCUT2D eigenvalue weighted by molar-refractivity contribution is 4.95. The molecular weight excluding hydrogens is 217 g/mol. The average molecular weight is 243 g/mol. The van der Waals surface area contributed by atoms with E-state index in [1.807, 2.05) is 0 Å². The highest BCUT2D eigenvalue weighted by Gasteiger charge is 2.44. The molecule has 17 heavy (non-hydrogen) atoms. The molecule has 2 rings (SSSR count). The first-order valence-corrected chi connectivity index (χ1v) is 6.93. The lowest BCUT2D eigenvalue weighted by atomic mass is 9.71. The van der Waals surface area contributed by atoms with Gasteiger partial charge in [0.2, 0.25) is 0 Å². The summed E-state index contributed by atoms with van der Waals surface area (Å²) in [6.45, 7) is 7.47. The first-order valence-electron chi connectivity index (χ1n) is 6.93. The topological polar surface area (TPSA) is 21.3 Å². The van der Waals surface area contributed by atoms with E-state index in [2.05, 4.69) is 26.1 Å². The molecule has 1 aliphatic heterocycles. The minimum absolute atomic E-state index is 0.00363. The highest BCUT2D eigenvalue weighted by atomic mass is 19.1. The maximum absolute atomic E-state index is 14.2. The van der Waals surface area contributed by atoms with Crippen molar-refractivity contribution in [3.63, 3.8) is 0 Å². The van der Waals surface area contributed by atoms with Crippen molar-refractivity contribution in [3.8, 4) is 0 Å². The summed E-state index contributed by atoms with van der Waals surface area (Å²) in [5.41, 5.74) is 0.0681. The molecule has 100 valence electrons. The van der Waals surface area contributed by atoms with Gasteiger partial charge in [0, 0.05) is 18.7 Å². The molecule has 0 amide bonds. The van der Waals surface area contributed by atoms with Gasteiger partial charge in [-0.25, -0.2) is 4.39 Å². The molecule has 1 aliphatic carbocycles. The van der Waals surface area contributed by atoms with E-state index in [1.54, 1.807) is 0 Å². The number of hydrogen-bond donors (Lipinski definition) is 1. The van der Waals surface area contributed by atoms with Gasteiger partial charge in [0.05, 0.1) is 5.60 Å². The van der Waals surface area contributed by atoms with Gasteiger partial charge in [0.1, 0.15) is 6.17 Å². The normalized spacial score (nSPS) is 30.0. The summed E-state index contributed by atoms with van der Waals surface area (Å²) in [6.07, 6.45) is 4.63. The lowest BCUT2D eigenvalue weighted by Crippen LogP contribution is -2.49.